The molecule has 0 aromatic carbocycles. The van der Waals surface area contributed by atoms with Crippen molar-refractivity contribution in [2.75, 3.05) is 6.54 Å². The molecule has 0 spiro atoms. The second-order valence-electron chi connectivity index (χ2n) is 4.36. The van der Waals surface area contributed by atoms with E-state index in [0.717, 1.165) is 23.2 Å². The predicted molar refractivity (Wildman–Crippen MR) is 97.1 cm³/mol. The van der Waals surface area contributed by atoms with Crippen LogP contribution in [0.25, 0.3) is 0 Å². The van der Waals surface area contributed by atoms with Gasteiger partial charge >= 0.3 is 0 Å². The first-order valence-corrected chi connectivity index (χ1v) is 7.41. The zero-order valence-electron chi connectivity index (χ0n) is 12.5. The van der Waals surface area contributed by atoms with E-state index in [1.165, 1.54) is 4.88 Å². The Hall–Kier alpha value is -1.16. The predicted octanol–water partition coefficient (Wildman–Crippen LogP) is 2.06. The van der Waals surface area contributed by atoms with Crippen molar-refractivity contribution in [2.24, 2.45) is 12.0 Å². The number of nitrogens with zero attached hydrogens (tertiary/aromatic N) is 4. The molecule has 0 radical (unpaired) electrons. The van der Waals surface area contributed by atoms with Gasteiger partial charge in [0.25, 0.3) is 0 Å². The van der Waals surface area contributed by atoms with Gasteiger partial charge in [0, 0.05) is 30.9 Å². The minimum atomic E-state index is 0. The minimum Gasteiger partial charge on any atom is -0.357 e. The van der Waals surface area contributed by atoms with Gasteiger partial charge in [-0.05, 0) is 19.9 Å². The highest BCUT2D eigenvalue weighted by atomic mass is 127. The summed E-state index contributed by atoms with van der Waals surface area (Å²) in [5.41, 5.74) is 1.08. The van der Waals surface area contributed by atoms with Gasteiger partial charge in [0.15, 0.2) is 5.96 Å². The van der Waals surface area contributed by atoms with Gasteiger partial charge < -0.3 is 10.6 Å². The van der Waals surface area contributed by atoms with E-state index in [1.807, 2.05) is 24.0 Å². The molecular formula is C13H21IN6S. The van der Waals surface area contributed by atoms with Crippen molar-refractivity contribution in [1.29, 1.82) is 0 Å². The molecule has 0 saturated heterocycles. The Morgan fingerprint density at radius 3 is 2.81 bits per heavy atom. The summed E-state index contributed by atoms with van der Waals surface area (Å²) in [7, 11) is 1.92. The zero-order valence-corrected chi connectivity index (χ0v) is 15.6. The number of aryl methyl sites for hydroxylation is 2. The van der Waals surface area contributed by atoms with Crippen molar-refractivity contribution in [3.05, 3.63) is 34.0 Å². The van der Waals surface area contributed by atoms with E-state index < -0.39 is 0 Å². The van der Waals surface area contributed by atoms with Gasteiger partial charge in [-0.3, -0.25) is 4.68 Å². The lowest BCUT2D eigenvalue weighted by molar-refractivity contribution is 0.707. The summed E-state index contributed by atoms with van der Waals surface area (Å²) in [5.74, 6) is 0.793. The molecule has 0 amide bonds. The van der Waals surface area contributed by atoms with E-state index in [4.69, 9.17) is 0 Å². The molecule has 8 heteroatoms. The molecule has 2 heterocycles. The fraction of sp³-hybridized carbons (Fsp3) is 0.462. The third-order valence-corrected chi connectivity index (χ3v) is 3.65. The van der Waals surface area contributed by atoms with Gasteiger partial charge in [-0.1, -0.05) is 0 Å². The van der Waals surface area contributed by atoms with Crippen LogP contribution in [0.2, 0.25) is 0 Å². The van der Waals surface area contributed by atoms with Crippen LogP contribution in [0.15, 0.2) is 23.5 Å². The standard InChI is InChI=1S/C13H20N6S.HI/c1-4-14-13(16-8-11-5-6-18-19(11)3)17-9-12-15-7-10(2)20-12;/h5-7H,4,8-9H2,1-3H3,(H2,14,16,17);1H. The van der Waals surface area contributed by atoms with E-state index in [1.54, 1.807) is 17.5 Å². The van der Waals surface area contributed by atoms with E-state index in [-0.39, 0.29) is 24.0 Å². The molecule has 0 saturated carbocycles. The molecule has 0 aliphatic heterocycles. The lowest BCUT2D eigenvalue weighted by Gasteiger charge is -2.10. The smallest absolute Gasteiger partial charge is 0.191 e. The van der Waals surface area contributed by atoms with Crippen LogP contribution in [0.4, 0.5) is 0 Å². The van der Waals surface area contributed by atoms with Gasteiger partial charge in [-0.25, -0.2) is 9.98 Å². The topological polar surface area (TPSA) is 67.1 Å². The fourth-order valence-electron chi connectivity index (χ4n) is 1.70. The maximum Gasteiger partial charge on any atom is 0.191 e. The molecule has 2 aromatic rings. The van der Waals surface area contributed by atoms with Crippen LogP contribution in [-0.2, 0) is 20.1 Å². The van der Waals surface area contributed by atoms with E-state index in [0.29, 0.717) is 13.1 Å². The summed E-state index contributed by atoms with van der Waals surface area (Å²) < 4.78 is 1.83. The Labute approximate surface area is 146 Å². The molecule has 0 unspecified atom stereocenters. The van der Waals surface area contributed by atoms with Gasteiger partial charge in [0.1, 0.15) is 5.01 Å². The largest absolute Gasteiger partial charge is 0.357 e. The van der Waals surface area contributed by atoms with Crippen LogP contribution < -0.4 is 10.6 Å². The SMILES string of the molecule is CCNC(=NCc1ccnn1C)NCc1ncc(C)s1.I. The highest BCUT2D eigenvalue weighted by Crippen LogP contribution is 2.10. The maximum absolute atomic E-state index is 4.55. The van der Waals surface area contributed by atoms with Crippen LogP contribution in [0, 0.1) is 6.92 Å². The molecule has 116 valence electrons. The quantitative estimate of drug-likeness (QED) is 0.442. The summed E-state index contributed by atoms with van der Waals surface area (Å²) in [5, 5.41) is 11.7. The monoisotopic (exact) mass is 420 g/mol. The Morgan fingerprint density at radius 2 is 2.24 bits per heavy atom. The average Bonchev–Trinajstić information content (AvgIpc) is 3.02. The van der Waals surface area contributed by atoms with Gasteiger partial charge in [-0.2, -0.15) is 5.10 Å². The van der Waals surface area contributed by atoms with Gasteiger partial charge in [0.2, 0.25) is 0 Å². The highest BCUT2D eigenvalue weighted by molar-refractivity contribution is 14.0. The second-order valence-corrected chi connectivity index (χ2v) is 5.68. The van der Waals surface area contributed by atoms with Crippen LogP contribution in [0.3, 0.4) is 0 Å². The third-order valence-electron chi connectivity index (χ3n) is 2.74. The number of aliphatic imine (C=N–C) groups is 1. The summed E-state index contributed by atoms with van der Waals surface area (Å²) in [6.45, 7) is 6.23. The number of halogens is 1. The summed E-state index contributed by atoms with van der Waals surface area (Å²) in [6, 6.07) is 1.97. The molecule has 0 aliphatic rings. The zero-order chi connectivity index (χ0) is 14.4. The van der Waals surface area contributed by atoms with Crippen molar-refractivity contribution in [3.63, 3.8) is 0 Å². The molecule has 0 aliphatic carbocycles. The number of guanidine groups is 1. The number of hydrogen-bond donors (Lipinski definition) is 2. The lowest BCUT2D eigenvalue weighted by Crippen LogP contribution is -2.36. The normalized spacial score (nSPS) is 11.1. The first kappa shape index (κ1) is 17.9. The molecule has 21 heavy (non-hydrogen) atoms. The maximum atomic E-state index is 4.55. The van der Waals surface area contributed by atoms with Gasteiger partial charge in [-0.15, -0.1) is 35.3 Å². The molecule has 0 atom stereocenters. The fourth-order valence-corrected chi connectivity index (χ4v) is 2.43. The number of aromatic nitrogens is 3. The summed E-state index contributed by atoms with van der Waals surface area (Å²) in [6.07, 6.45) is 3.67. The van der Waals surface area contributed by atoms with Crippen LogP contribution in [0.1, 0.15) is 22.5 Å². The molecule has 2 aromatic heterocycles. The molecule has 0 fully saturated rings. The third kappa shape index (κ3) is 5.62. The van der Waals surface area contributed by atoms with Crippen LogP contribution >= 0.6 is 35.3 Å². The lowest BCUT2D eigenvalue weighted by atomic mass is 10.4. The Kier molecular flexibility index (Phi) is 7.65. The Balaban J connectivity index is 0.00000220. The van der Waals surface area contributed by atoms with Crippen molar-refractivity contribution < 1.29 is 0 Å². The van der Waals surface area contributed by atoms with Crippen molar-refractivity contribution in [3.8, 4) is 0 Å². The molecule has 0 bridgehead atoms. The Bertz CT molecular complexity index is 577. The number of rotatable bonds is 5. The summed E-state index contributed by atoms with van der Waals surface area (Å²) >= 11 is 1.70. The number of nitrogens with one attached hydrogen (secondary N) is 2. The minimum absolute atomic E-state index is 0. The van der Waals surface area contributed by atoms with Crippen LogP contribution in [-0.4, -0.2) is 27.3 Å². The number of hydrogen-bond acceptors (Lipinski definition) is 4. The van der Waals surface area contributed by atoms with Crippen molar-refractivity contribution in [2.45, 2.75) is 26.9 Å². The molecule has 2 rings (SSSR count). The van der Waals surface area contributed by atoms with Crippen molar-refractivity contribution >= 4 is 41.3 Å². The molecule has 2 N–H and O–H groups in total. The summed E-state index contributed by atoms with van der Waals surface area (Å²) in [4.78, 5) is 10.1. The molecular weight excluding hydrogens is 399 g/mol. The van der Waals surface area contributed by atoms with E-state index in [9.17, 15) is 0 Å². The van der Waals surface area contributed by atoms with Crippen LogP contribution in [0.5, 0.6) is 0 Å². The second kappa shape index (κ2) is 8.98. The highest BCUT2D eigenvalue weighted by Gasteiger charge is 2.02. The first-order valence-electron chi connectivity index (χ1n) is 6.59. The van der Waals surface area contributed by atoms with Crippen molar-refractivity contribution in [1.82, 2.24) is 25.4 Å². The number of thiazole rings is 1. The average molecular weight is 420 g/mol. The van der Waals surface area contributed by atoms with E-state index in [2.05, 4.69) is 39.6 Å². The van der Waals surface area contributed by atoms with Gasteiger partial charge in [0.05, 0.1) is 18.8 Å². The Morgan fingerprint density at radius 1 is 1.43 bits per heavy atom. The first-order chi connectivity index (χ1) is 9.69. The molecule has 6 nitrogen and oxygen atoms in total. The van der Waals surface area contributed by atoms with E-state index >= 15 is 0 Å².